The van der Waals surface area contributed by atoms with Gasteiger partial charge >= 0.3 is 0 Å². The van der Waals surface area contributed by atoms with Gasteiger partial charge in [-0.05, 0) is 81.9 Å². The lowest BCUT2D eigenvalue weighted by Gasteiger charge is -2.14. The van der Waals surface area contributed by atoms with Crippen molar-refractivity contribution in [2.24, 2.45) is 0 Å². The number of para-hydroxylation sites is 2. The highest BCUT2D eigenvalue weighted by Crippen LogP contribution is 2.46. The molecule has 0 aliphatic rings. The van der Waals surface area contributed by atoms with Crippen LogP contribution in [0.1, 0.15) is 0 Å². The van der Waals surface area contributed by atoms with E-state index >= 15 is 0 Å². The topological polar surface area (TPSA) is 43.6 Å². The van der Waals surface area contributed by atoms with Gasteiger partial charge in [0.05, 0.1) is 11.0 Å². The fourth-order valence-electron chi connectivity index (χ4n) is 8.17. The van der Waals surface area contributed by atoms with Crippen molar-refractivity contribution in [3.63, 3.8) is 0 Å². The van der Waals surface area contributed by atoms with Crippen LogP contribution in [-0.4, -0.2) is 19.5 Å². The molecule has 4 nitrogen and oxygen atoms in total. The number of thiophene rings is 1. The van der Waals surface area contributed by atoms with Crippen LogP contribution in [0.5, 0.6) is 0 Å². The molecule has 0 fully saturated rings. The Kier molecular flexibility index (Phi) is 7.64. The number of nitrogens with zero attached hydrogens (tertiary/aromatic N) is 4. The minimum absolute atomic E-state index is 0.637. The van der Waals surface area contributed by atoms with E-state index in [0.717, 1.165) is 39.1 Å². The Hall–Kier alpha value is -7.21. The van der Waals surface area contributed by atoms with E-state index in [1.165, 1.54) is 53.1 Å². The molecule has 0 atom stereocenters. The van der Waals surface area contributed by atoms with Crippen molar-refractivity contribution in [3.05, 3.63) is 194 Å². The zero-order valence-corrected chi connectivity index (χ0v) is 31.0. The first-order valence-electron chi connectivity index (χ1n) is 18.8. The second-order valence-corrected chi connectivity index (χ2v) is 15.1. The van der Waals surface area contributed by atoms with Gasteiger partial charge in [0.1, 0.15) is 6.33 Å². The molecule has 262 valence electrons. The van der Waals surface area contributed by atoms with Crippen LogP contribution in [0.15, 0.2) is 194 Å². The molecule has 0 amide bonds. The van der Waals surface area contributed by atoms with E-state index in [1.807, 2.05) is 41.7 Å². The molecule has 3 heterocycles. The average Bonchev–Trinajstić information content (AvgIpc) is 3.81. The van der Waals surface area contributed by atoms with Gasteiger partial charge in [-0.2, -0.15) is 0 Å². The van der Waals surface area contributed by atoms with Gasteiger partial charge < -0.3 is 4.57 Å². The van der Waals surface area contributed by atoms with Gasteiger partial charge in [-0.1, -0.05) is 140 Å². The normalized spacial score (nSPS) is 11.6. The van der Waals surface area contributed by atoms with E-state index in [2.05, 4.69) is 167 Å². The van der Waals surface area contributed by atoms with Crippen molar-refractivity contribution in [1.82, 2.24) is 19.5 Å². The van der Waals surface area contributed by atoms with Crippen LogP contribution in [0.2, 0.25) is 0 Å². The SMILES string of the molecule is c1ccc(-c2cccc(-c3ccc(-c4cccc5sc6cc7c8ccccc8n(-c8ccccc8)c7cc6c45)c(-c4ncnc(-c5ccccc5)n4)c3)c2)cc1. The summed E-state index contributed by atoms with van der Waals surface area (Å²) in [6, 6.07) is 67.0. The highest BCUT2D eigenvalue weighted by molar-refractivity contribution is 7.26. The van der Waals surface area contributed by atoms with E-state index in [9.17, 15) is 0 Å². The second-order valence-electron chi connectivity index (χ2n) is 14.0. The van der Waals surface area contributed by atoms with Crippen LogP contribution < -0.4 is 0 Å². The number of benzene rings is 8. The summed E-state index contributed by atoms with van der Waals surface area (Å²) in [6.07, 6.45) is 1.64. The summed E-state index contributed by atoms with van der Waals surface area (Å²) in [5.74, 6) is 1.28. The predicted molar refractivity (Wildman–Crippen MR) is 234 cm³/mol. The van der Waals surface area contributed by atoms with Crippen molar-refractivity contribution in [2.45, 2.75) is 0 Å². The summed E-state index contributed by atoms with van der Waals surface area (Å²) in [6.45, 7) is 0. The van der Waals surface area contributed by atoms with E-state index < -0.39 is 0 Å². The molecule has 0 saturated carbocycles. The maximum Gasteiger partial charge on any atom is 0.164 e. The van der Waals surface area contributed by atoms with Gasteiger partial charge in [-0.25, -0.2) is 15.0 Å². The quantitative estimate of drug-likeness (QED) is 0.171. The molecule has 11 aromatic rings. The van der Waals surface area contributed by atoms with Crippen LogP contribution in [0.25, 0.3) is 104 Å². The molecule has 0 unspecified atom stereocenters. The monoisotopic (exact) mass is 732 g/mol. The Morgan fingerprint density at radius 3 is 1.86 bits per heavy atom. The van der Waals surface area contributed by atoms with Gasteiger partial charge in [0.25, 0.3) is 0 Å². The lowest BCUT2D eigenvalue weighted by atomic mass is 9.91. The van der Waals surface area contributed by atoms with Crippen LogP contribution in [0, 0.1) is 0 Å². The minimum atomic E-state index is 0.637. The molecule has 0 aliphatic carbocycles. The predicted octanol–water partition coefficient (Wildman–Crippen LogP) is 13.7. The first kappa shape index (κ1) is 32.2. The molecule has 0 aliphatic heterocycles. The van der Waals surface area contributed by atoms with Gasteiger partial charge in [0.2, 0.25) is 0 Å². The molecule has 0 N–H and O–H groups in total. The van der Waals surface area contributed by atoms with E-state index in [-0.39, 0.29) is 0 Å². The van der Waals surface area contributed by atoms with Gasteiger partial charge in [0, 0.05) is 47.8 Å². The third-order valence-corrected chi connectivity index (χ3v) is 11.9. The van der Waals surface area contributed by atoms with Gasteiger partial charge in [-0.15, -0.1) is 11.3 Å². The number of hydrogen-bond acceptors (Lipinski definition) is 4. The fourth-order valence-corrected chi connectivity index (χ4v) is 9.33. The van der Waals surface area contributed by atoms with Crippen molar-refractivity contribution in [1.29, 1.82) is 0 Å². The maximum absolute atomic E-state index is 5.12. The Morgan fingerprint density at radius 1 is 0.375 bits per heavy atom. The Bertz CT molecular complexity index is 3240. The molecular formula is C51H32N4S. The zero-order chi connectivity index (χ0) is 37.0. The van der Waals surface area contributed by atoms with E-state index in [0.29, 0.717) is 11.6 Å². The lowest BCUT2D eigenvalue weighted by molar-refractivity contribution is 1.07. The first-order chi connectivity index (χ1) is 27.8. The lowest BCUT2D eigenvalue weighted by Crippen LogP contribution is -1.97. The molecule has 11 rings (SSSR count). The molecule has 0 saturated heterocycles. The highest BCUT2D eigenvalue weighted by atomic mass is 32.1. The summed E-state index contributed by atoms with van der Waals surface area (Å²) < 4.78 is 4.90. The number of rotatable bonds is 6. The molecule has 8 aromatic carbocycles. The smallest absolute Gasteiger partial charge is 0.164 e. The van der Waals surface area contributed by atoms with E-state index in [1.54, 1.807) is 6.33 Å². The Morgan fingerprint density at radius 2 is 1.04 bits per heavy atom. The Labute approximate surface area is 327 Å². The molecule has 0 spiro atoms. The van der Waals surface area contributed by atoms with Crippen LogP contribution >= 0.6 is 11.3 Å². The van der Waals surface area contributed by atoms with Crippen molar-refractivity contribution in [2.75, 3.05) is 0 Å². The minimum Gasteiger partial charge on any atom is -0.309 e. The largest absolute Gasteiger partial charge is 0.309 e. The van der Waals surface area contributed by atoms with Gasteiger partial charge in [-0.3, -0.25) is 0 Å². The summed E-state index contributed by atoms with van der Waals surface area (Å²) in [5, 5.41) is 4.98. The second kappa shape index (κ2) is 13.3. The molecule has 0 bridgehead atoms. The van der Waals surface area contributed by atoms with Crippen LogP contribution in [0.4, 0.5) is 0 Å². The molecule has 0 radical (unpaired) electrons. The maximum atomic E-state index is 5.12. The standard InChI is InChI=1S/C51H32N4S/c1-4-14-33(15-5-1)35-18-12-19-36(28-35)37-26-27-39(43(29-37)51-53-32-52-50(54-51)34-16-6-2-7-17-34)41-23-13-25-47-49(41)44-30-46-42(31-48(44)56-47)40-22-10-11-24-45(40)55(46)38-20-8-3-9-21-38/h1-32H. The highest BCUT2D eigenvalue weighted by Gasteiger charge is 2.20. The average molecular weight is 733 g/mol. The zero-order valence-electron chi connectivity index (χ0n) is 30.2. The molecular weight excluding hydrogens is 701 g/mol. The van der Waals surface area contributed by atoms with Crippen molar-refractivity contribution >= 4 is 53.3 Å². The van der Waals surface area contributed by atoms with Crippen LogP contribution in [0.3, 0.4) is 0 Å². The summed E-state index contributed by atoms with van der Waals surface area (Å²) >= 11 is 1.85. The number of hydrogen-bond donors (Lipinski definition) is 0. The number of aromatic nitrogens is 4. The summed E-state index contributed by atoms with van der Waals surface area (Å²) in [4.78, 5) is 14.6. The van der Waals surface area contributed by atoms with Gasteiger partial charge in [0.15, 0.2) is 11.6 Å². The third-order valence-electron chi connectivity index (χ3n) is 10.8. The van der Waals surface area contributed by atoms with E-state index in [4.69, 9.17) is 9.97 Å². The summed E-state index contributed by atoms with van der Waals surface area (Å²) in [5.41, 5.74) is 12.3. The van der Waals surface area contributed by atoms with Crippen molar-refractivity contribution < 1.29 is 0 Å². The number of fused-ring (bicyclic) bond motifs is 6. The summed E-state index contributed by atoms with van der Waals surface area (Å²) in [7, 11) is 0. The fraction of sp³-hybridized carbons (Fsp3) is 0. The third kappa shape index (κ3) is 5.40. The Balaban J connectivity index is 1.16. The van der Waals surface area contributed by atoms with Crippen LogP contribution in [-0.2, 0) is 0 Å². The molecule has 5 heteroatoms. The molecule has 3 aromatic heterocycles. The molecule has 56 heavy (non-hydrogen) atoms. The van der Waals surface area contributed by atoms with Crippen molar-refractivity contribution in [3.8, 4) is 61.8 Å². The first-order valence-corrected chi connectivity index (χ1v) is 19.6.